The topological polar surface area (TPSA) is 42.1 Å². The summed E-state index contributed by atoms with van der Waals surface area (Å²) in [5.41, 5.74) is 8.36. The van der Waals surface area contributed by atoms with Gasteiger partial charge in [-0.05, 0) is 57.3 Å². The highest BCUT2D eigenvalue weighted by Gasteiger charge is 2.21. The lowest BCUT2D eigenvalue weighted by Gasteiger charge is -2.33. The van der Waals surface area contributed by atoms with Crippen molar-refractivity contribution < 1.29 is 0 Å². The second-order valence-electron chi connectivity index (χ2n) is 5.28. The third-order valence-corrected chi connectivity index (χ3v) is 3.75. The molecule has 2 heterocycles. The monoisotopic (exact) mass is 269 g/mol. The highest BCUT2D eigenvalue weighted by atomic mass is 35.5. The van der Waals surface area contributed by atoms with Gasteiger partial charge in [0.15, 0.2) is 0 Å². The molecule has 3 nitrogen and oxygen atoms in total. The van der Waals surface area contributed by atoms with E-state index in [1.165, 1.54) is 31.5 Å². The van der Waals surface area contributed by atoms with Crippen molar-refractivity contribution in [2.24, 2.45) is 11.7 Å². The lowest BCUT2D eigenvalue weighted by Crippen LogP contribution is -2.39. The quantitative estimate of drug-likeness (QED) is 0.916. The van der Waals surface area contributed by atoms with Crippen LogP contribution in [0.1, 0.15) is 31.0 Å². The van der Waals surface area contributed by atoms with Gasteiger partial charge in [0.25, 0.3) is 0 Å². The zero-order valence-electron chi connectivity index (χ0n) is 11.3. The summed E-state index contributed by atoms with van der Waals surface area (Å²) in [6, 6.07) is 4.61. The number of rotatable bonds is 3. The molecule has 1 unspecified atom stereocenters. The van der Waals surface area contributed by atoms with Crippen LogP contribution >= 0.6 is 12.4 Å². The van der Waals surface area contributed by atoms with Crippen LogP contribution in [-0.4, -0.2) is 29.0 Å². The number of hydrogen-bond donors (Lipinski definition) is 1. The largest absolute Gasteiger partial charge is 0.328 e. The average Bonchev–Trinajstić information content (AvgIpc) is 2.33. The predicted octanol–water partition coefficient (Wildman–Crippen LogP) is 2.37. The number of pyridine rings is 1. The zero-order chi connectivity index (χ0) is 12.3. The molecule has 0 aromatic carbocycles. The van der Waals surface area contributed by atoms with Crippen molar-refractivity contribution in [3.63, 3.8) is 0 Å². The van der Waals surface area contributed by atoms with Gasteiger partial charge in [0.2, 0.25) is 0 Å². The lowest BCUT2D eigenvalue weighted by molar-refractivity contribution is 0.165. The van der Waals surface area contributed by atoms with E-state index in [2.05, 4.69) is 28.9 Å². The molecule has 2 rings (SSSR count). The summed E-state index contributed by atoms with van der Waals surface area (Å²) in [6.45, 7) is 7.52. The Bertz CT molecular complexity index is 343. The number of aryl methyl sites for hydroxylation is 1. The molecule has 0 aliphatic carbocycles. The number of piperidine rings is 1. The molecule has 1 saturated heterocycles. The van der Waals surface area contributed by atoms with Gasteiger partial charge in [0.05, 0.1) is 0 Å². The third-order valence-electron chi connectivity index (χ3n) is 3.75. The average molecular weight is 270 g/mol. The Balaban J connectivity index is 0.00000162. The molecule has 18 heavy (non-hydrogen) atoms. The first kappa shape index (κ1) is 15.4. The maximum Gasteiger partial charge on any atom is 0.0372 e. The van der Waals surface area contributed by atoms with Crippen molar-refractivity contribution in [2.75, 3.05) is 13.1 Å². The molecule has 1 fully saturated rings. The second-order valence-corrected chi connectivity index (χ2v) is 5.28. The maximum absolute atomic E-state index is 5.95. The molecular formula is C14H24ClN3. The molecule has 4 heteroatoms. The van der Waals surface area contributed by atoms with E-state index >= 15 is 0 Å². The summed E-state index contributed by atoms with van der Waals surface area (Å²) in [6.07, 6.45) is 4.46. The first-order valence-electron chi connectivity index (χ1n) is 6.54. The van der Waals surface area contributed by atoms with Crippen LogP contribution in [0.3, 0.4) is 0 Å². The van der Waals surface area contributed by atoms with Crippen molar-refractivity contribution in [2.45, 2.75) is 39.3 Å². The smallest absolute Gasteiger partial charge is 0.0372 e. The van der Waals surface area contributed by atoms with Gasteiger partial charge in [0, 0.05) is 24.5 Å². The normalized spacial score (nSPS) is 19.3. The van der Waals surface area contributed by atoms with Gasteiger partial charge in [0.1, 0.15) is 0 Å². The molecule has 0 bridgehead atoms. The molecule has 1 aromatic heterocycles. The Morgan fingerprint density at radius 1 is 1.39 bits per heavy atom. The van der Waals surface area contributed by atoms with Gasteiger partial charge in [-0.15, -0.1) is 12.4 Å². The fraction of sp³-hybridized carbons (Fsp3) is 0.643. The molecule has 2 N–H and O–H groups in total. The van der Waals surface area contributed by atoms with Gasteiger partial charge in [-0.3, -0.25) is 9.88 Å². The third kappa shape index (κ3) is 4.23. The molecule has 0 saturated carbocycles. The molecule has 0 radical (unpaired) electrons. The van der Waals surface area contributed by atoms with E-state index in [4.69, 9.17) is 5.73 Å². The molecule has 0 spiro atoms. The summed E-state index contributed by atoms with van der Waals surface area (Å²) < 4.78 is 0. The van der Waals surface area contributed by atoms with E-state index < -0.39 is 0 Å². The highest BCUT2D eigenvalue weighted by molar-refractivity contribution is 5.85. The van der Waals surface area contributed by atoms with E-state index in [9.17, 15) is 0 Å². The Morgan fingerprint density at radius 2 is 2.06 bits per heavy atom. The predicted molar refractivity (Wildman–Crippen MR) is 77.9 cm³/mol. The fourth-order valence-electron chi connectivity index (χ4n) is 2.49. The molecule has 1 aromatic rings. The van der Waals surface area contributed by atoms with Crippen LogP contribution in [0.2, 0.25) is 0 Å². The van der Waals surface area contributed by atoms with Crippen LogP contribution in [0, 0.1) is 12.8 Å². The zero-order valence-corrected chi connectivity index (χ0v) is 12.1. The Labute approximate surface area is 116 Å². The number of hydrogen-bond acceptors (Lipinski definition) is 3. The highest BCUT2D eigenvalue weighted by Crippen LogP contribution is 2.20. The van der Waals surface area contributed by atoms with Gasteiger partial charge >= 0.3 is 0 Å². The number of nitrogens with two attached hydrogens (primary N) is 1. The summed E-state index contributed by atoms with van der Waals surface area (Å²) in [5, 5.41) is 0. The summed E-state index contributed by atoms with van der Waals surface area (Å²) >= 11 is 0. The number of likely N-dealkylation sites (tertiary alicyclic amines) is 1. The van der Waals surface area contributed by atoms with Gasteiger partial charge in [-0.2, -0.15) is 0 Å². The van der Waals surface area contributed by atoms with E-state index in [0.717, 1.165) is 12.2 Å². The number of halogens is 1. The van der Waals surface area contributed by atoms with E-state index in [0.29, 0.717) is 12.0 Å². The van der Waals surface area contributed by atoms with Crippen LogP contribution in [0.15, 0.2) is 18.3 Å². The van der Waals surface area contributed by atoms with E-state index in [1.807, 2.05) is 13.1 Å². The SMILES string of the molecule is Cc1ccc(CN2CCC(C(C)N)CC2)cn1.Cl. The summed E-state index contributed by atoms with van der Waals surface area (Å²) in [7, 11) is 0. The second kappa shape index (κ2) is 7.07. The van der Waals surface area contributed by atoms with Crippen molar-refractivity contribution in [3.8, 4) is 0 Å². The molecular weight excluding hydrogens is 246 g/mol. The standard InChI is InChI=1S/C14H23N3.ClH/c1-11-3-4-13(9-16-11)10-17-7-5-14(6-8-17)12(2)15;/h3-4,9,12,14H,5-8,10,15H2,1-2H3;1H. The van der Waals surface area contributed by atoms with Crippen molar-refractivity contribution in [3.05, 3.63) is 29.6 Å². The van der Waals surface area contributed by atoms with E-state index in [1.54, 1.807) is 0 Å². The van der Waals surface area contributed by atoms with Gasteiger partial charge in [-0.25, -0.2) is 0 Å². The first-order chi connectivity index (χ1) is 8.15. The van der Waals surface area contributed by atoms with Crippen LogP contribution in [-0.2, 0) is 6.54 Å². The number of aromatic nitrogens is 1. The Kier molecular flexibility index (Phi) is 6.06. The van der Waals surface area contributed by atoms with E-state index in [-0.39, 0.29) is 12.4 Å². The minimum absolute atomic E-state index is 0. The number of nitrogens with zero attached hydrogens (tertiary/aromatic N) is 2. The molecule has 1 atom stereocenters. The van der Waals surface area contributed by atoms with Crippen LogP contribution < -0.4 is 5.73 Å². The van der Waals surface area contributed by atoms with Gasteiger partial charge in [-0.1, -0.05) is 6.07 Å². The maximum atomic E-state index is 5.95. The fourth-order valence-corrected chi connectivity index (χ4v) is 2.49. The van der Waals surface area contributed by atoms with Crippen molar-refractivity contribution in [1.82, 2.24) is 9.88 Å². The minimum Gasteiger partial charge on any atom is -0.328 e. The molecule has 1 aliphatic rings. The molecule has 1 aliphatic heterocycles. The first-order valence-corrected chi connectivity index (χ1v) is 6.54. The molecule has 0 amide bonds. The van der Waals surface area contributed by atoms with Crippen LogP contribution in [0.5, 0.6) is 0 Å². The summed E-state index contributed by atoms with van der Waals surface area (Å²) in [5.74, 6) is 0.711. The van der Waals surface area contributed by atoms with Gasteiger partial charge < -0.3 is 5.73 Å². The van der Waals surface area contributed by atoms with Crippen molar-refractivity contribution >= 4 is 12.4 Å². The van der Waals surface area contributed by atoms with Crippen LogP contribution in [0.4, 0.5) is 0 Å². The lowest BCUT2D eigenvalue weighted by atomic mass is 9.91. The Morgan fingerprint density at radius 3 is 2.56 bits per heavy atom. The minimum atomic E-state index is 0. The summed E-state index contributed by atoms with van der Waals surface area (Å²) in [4.78, 5) is 6.85. The van der Waals surface area contributed by atoms with Crippen LogP contribution in [0.25, 0.3) is 0 Å². The Hall–Kier alpha value is -0.640. The van der Waals surface area contributed by atoms with Crippen molar-refractivity contribution in [1.29, 1.82) is 0 Å². The molecule has 102 valence electrons.